The summed E-state index contributed by atoms with van der Waals surface area (Å²) in [6.07, 6.45) is 1.78. The largest absolute Gasteiger partial charge is 0.366 e. The Balaban J connectivity index is 1.50. The number of nitrogens with two attached hydrogens (primary N) is 1. The van der Waals surface area contributed by atoms with Crippen molar-refractivity contribution in [2.24, 2.45) is 5.73 Å². The SMILES string of the molecule is Cc1nn(-c2cccc(C(N)=O)c2)c2c(F)c(N3CCN(c4ccccn4)CC3)ccc12. The Kier molecular flexibility index (Phi) is 4.97. The maximum absolute atomic E-state index is 15.9. The minimum atomic E-state index is -0.535. The van der Waals surface area contributed by atoms with Gasteiger partial charge in [-0.15, -0.1) is 0 Å². The molecule has 8 heteroatoms. The number of carbonyl (C=O) groups excluding carboxylic acids is 1. The van der Waals surface area contributed by atoms with Crippen molar-refractivity contribution >= 4 is 28.3 Å². The van der Waals surface area contributed by atoms with Crippen LogP contribution in [0, 0.1) is 12.7 Å². The van der Waals surface area contributed by atoms with E-state index in [9.17, 15) is 4.79 Å². The van der Waals surface area contributed by atoms with Crippen molar-refractivity contribution in [1.82, 2.24) is 14.8 Å². The van der Waals surface area contributed by atoms with Crippen molar-refractivity contribution in [3.8, 4) is 5.69 Å². The monoisotopic (exact) mass is 430 g/mol. The van der Waals surface area contributed by atoms with Crippen LogP contribution >= 0.6 is 0 Å². The van der Waals surface area contributed by atoms with Crippen molar-refractivity contribution in [3.05, 3.63) is 77.9 Å². The van der Waals surface area contributed by atoms with E-state index in [0.717, 1.165) is 30.0 Å². The topological polar surface area (TPSA) is 80.3 Å². The molecule has 1 saturated heterocycles. The fourth-order valence-corrected chi connectivity index (χ4v) is 4.25. The molecule has 5 rings (SSSR count). The summed E-state index contributed by atoms with van der Waals surface area (Å²) in [7, 11) is 0. The van der Waals surface area contributed by atoms with Crippen molar-refractivity contribution in [3.63, 3.8) is 0 Å². The number of amides is 1. The predicted molar refractivity (Wildman–Crippen MR) is 123 cm³/mol. The lowest BCUT2D eigenvalue weighted by Gasteiger charge is -2.36. The summed E-state index contributed by atoms with van der Waals surface area (Å²) in [4.78, 5) is 20.3. The third-order valence-corrected chi connectivity index (χ3v) is 5.92. The van der Waals surface area contributed by atoms with Gasteiger partial charge in [-0.3, -0.25) is 4.79 Å². The third-order valence-electron chi connectivity index (χ3n) is 5.92. The van der Waals surface area contributed by atoms with Crippen LogP contribution in [-0.2, 0) is 0 Å². The number of aromatic nitrogens is 3. The second-order valence-electron chi connectivity index (χ2n) is 7.87. The first-order valence-corrected chi connectivity index (χ1v) is 10.5. The van der Waals surface area contributed by atoms with Gasteiger partial charge in [-0.05, 0) is 49.4 Å². The molecular weight excluding hydrogens is 407 g/mol. The van der Waals surface area contributed by atoms with Crippen LogP contribution in [-0.4, -0.2) is 46.9 Å². The molecule has 2 aromatic heterocycles. The van der Waals surface area contributed by atoms with Gasteiger partial charge < -0.3 is 15.5 Å². The average Bonchev–Trinajstić information content (AvgIpc) is 3.17. The molecule has 0 radical (unpaired) electrons. The number of aryl methyl sites for hydroxylation is 1. The van der Waals surface area contributed by atoms with Gasteiger partial charge in [0.15, 0.2) is 5.82 Å². The zero-order chi connectivity index (χ0) is 22.2. The quantitative estimate of drug-likeness (QED) is 0.537. The first kappa shape index (κ1) is 20.0. The Bertz CT molecular complexity index is 1290. The smallest absolute Gasteiger partial charge is 0.248 e. The van der Waals surface area contributed by atoms with Crippen molar-refractivity contribution in [1.29, 1.82) is 0 Å². The number of rotatable bonds is 4. The second-order valence-corrected chi connectivity index (χ2v) is 7.87. The molecule has 7 nitrogen and oxygen atoms in total. The molecule has 0 atom stereocenters. The van der Waals surface area contributed by atoms with Crippen molar-refractivity contribution in [2.45, 2.75) is 6.92 Å². The van der Waals surface area contributed by atoms with E-state index in [4.69, 9.17) is 5.73 Å². The number of nitrogens with zero attached hydrogens (tertiary/aromatic N) is 5. The number of benzene rings is 2. The van der Waals surface area contributed by atoms with Gasteiger partial charge >= 0.3 is 0 Å². The van der Waals surface area contributed by atoms with Gasteiger partial charge in [0.2, 0.25) is 5.91 Å². The number of hydrogen-bond acceptors (Lipinski definition) is 5. The second kappa shape index (κ2) is 7.96. The van der Waals surface area contributed by atoms with Crippen LogP contribution in [0.15, 0.2) is 60.8 Å². The molecule has 1 aliphatic heterocycles. The first-order chi connectivity index (χ1) is 15.5. The van der Waals surface area contributed by atoms with E-state index in [2.05, 4.69) is 19.9 Å². The minimum absolute atomic E-state index is 0.320. The molecule has 3 heterocycles. The fourth-order valence-electron chi connectivity index (χ4n) is 4.25. The van der Waals surface area contributed by atoms with Crippen LogP contribution in [0.3, 0.4) is 0 Å². The summed E-state index contributed by atoms with van der Waals surface area (Å²) < 4.78 is 17.4. The molecule has 0 unspecified atom stereocenters. The predicted octanol–water partition coefficient (Wildman–Crippen LogP) is 3.29. The van der Waals surface area contributed by atoms with Gasteiger partial charge in [-0.1, -0.05) is 12.1 Å². The highest BCUT2D eigenvalue weighted by molar-refractivity contribution is 5.94. The third kappa shape index (κ3) is 3.43. The number of halogens is 1. The summed E-state index contributed by atoms with van der Waals surface area (Å²) in [6.45, 7) is 4.73. The van der Waals surface area contributed by atoms with E-state index in [1.807, 2.05) is 37.3 Å². The number of primary amides is 1. The summed E-state index contributed by atoms with van der Waals surface area (Å²) in [5, 5.41) is 5.29. The van der Waals surface area contributed by atoms with E-state index in [1.54, 1.807) is 35.1 Å². The molecule has 1 fully saturated rings. The van der Waals surface area contributed by atoms with Gasteiger partial charge in [0.1, 0.15) is 11.3 Å². The van der Waals surface area contributed by atoms with Crippen LogP contribution in [0.4, 0.5) is 15.9 Å². The molecule has 1 amide bonds. The van der Waals surface area contributed by atoms with E-state index in [0.29, 0.717) is 35.5 Å². The molecule has 0 aliphatic carbocycles. The van der Waals surface area contributed by atoms with Gasteiger partial charge in [0.25, 0.3) is 0 Å². The van der Waals surface area contributed by atoms with Crippen LogP contribution in [0.2, 0.25) is 0 Å². The summed E-state index contributed by atoms with van der Waals surface area (Å²) in [5.74, 6) is 0.0805. The molecule has 0 saturated carbocycles. The minimum Gasteiger partial charge on any atom is -0.366 e. The molecule has 2 aromatic carbocycles. The van der Waals surface area contributed by atoms with E-state index >= 15 is 4.39 Å². The zero-order valence-corrected chi connectivity index (χ0v) is 17.7. The molecule has 0 bridgehead atoms. The maximum atomic E-state index is 15.9. The number of pyridine rings is 1. The number of fused-ring (bicyclic) bond motifs is 1. The Morgan fingerprint density at radius 2 is 1.78 bits per heavy atom. The number of carbonyl (C=O) groups is 1. The highest BCUT2D eigenvalue weighted by Crippen LogP contribution is 2.32. The van der Waals surface area contributed by atoms with Crippen molar-refractivity contribution < 1.29 is 9.18 Å². The standard InChI is InChI=1S/C24H23FN6O/c1-16-19-8-9-20(29-11-13-30(14-12-29)21-7-2-3-10-27-21)22(25)23(19)31(28-16)18-6-4-5-17(15-18)24(26)32/h2-10,15H,11-14H2,1H3,(H2,26,32). The van der Waals surface area contributed by atoms with E-state index < -0.39 is 5.91 Å². The molecule has 162 valence electrons. The summed E-state index contributed by atoms with van der Waals surface area (Å²) >= 11 is 0. The van der Waals surface area contributed by atoms with Crippen LogP contribution in [0.1, 0.15) is 16.1 Å². The lowest BCUT2D eigenvalue weighted by atomic mass is 10.1. The van der Waals surface area contributed by atoms with Crippen LogP contribution in [0.25, 0.3) is 16.6 Å². The lowest BCUT2D eigenvalue weighted by Crippen LogP contribution is -2.47. The molecule has 32 heavy (non-hydrogen) atoms. The normalized spacial score (nSPS) is 14.2. The highest BCUT2D eigenvalue weighted by atomic mass is 19.1. The van der Waals surface area contributed by atoms with E-state index in [1.165, 1.54) is 0 Å². The number of hydrogen-bond donors (Lipinski definition) is 1. The Morgan fingerprint density at radius 3 is 2.50 bits per heavy atom. The molecular formula is C24H23FN6O. The summed E-state index contributed by atoms with van der Waals surface area (Å²) in [6, 6.07) is 16.4. The van der Waals surface area contributed by atoms with Gasteiger partial charge in [-0.25, -0.2) is 14.1 Å². The van der Waals surface area contributed by atoms with Crippen LogP contribution in [0.5, 0.6) is 0 Å². The molecule has 1 aliphatic rings. The maximum Gasteiger partial charge on any atom is 0.248 e. The van der Waals surface area contributed by atoms with Crippen LogP contribution < -0.4 is 15.5 Å². The Morgan fingerprint density at radius 1 is 1.00 bits per heavy atom. The molecule has 0 spiro atoms. The van der Waals surface area contributed by atoms with Gasteiger partial charge in [0.05, 0.1) is 17.1 Å². The highest BCUT2D eigenvalue weighted by Gasteiger charge is 2.24. The van der Waals surface area contributed by atoms with E-state index in [-0.39, 0.29) is 5.82 Å². The Labute approximate surface area is 184 Å². The van der Waals surface area contributed by atoms with Gasteiger partial charge in [-0.2, -0.15) is 5.10 Å². The lowest BCUT2D eigenvalue weighted by molar-refractivity contribution is 0.1000. The molecule has 4 aromatic rings. The van der Waals surface area contributed by atoms with Crippen molar-refractivity contribution in [2.75, 3.05) is 36.0 Å². The summed E-state index contributed by atoms with van der Waals surface area (Å²) in [5.41, 5.74) is 8.03. The Hall–Kier alpha value is -3.94. The average molecular weight is 430 g/mol. The zero-order valence-electron chi connectivity index (χ0n) is 17.7. The van der Waals surface area contributed by atoms with Gasteiger partial charge in [0, 0.05) is 43.3 Å². The fraction of sp³-hybridized carbons (Fsp3) is 0.208. The first-order valence-electron chi connectivity index (χ1n) is 10.5. The molecule has 2 N–H and O–H groups in total. The number of anilines is 2. The number of piperazine rings is 1.